The first-order valence-corrected chi connectivity index (χ1v) is 11.9. The number of benzene rings is 1. The topological polar surface area (TPSA) is 104 Å². The Bertz CT molecular complexity index is 1390. The number of piperazine rings is 1. The molecular formula is C25H27N9O. The maximum atomic E-state index is 11.9. The van der Waals surface area contributed by atoms with Crippen molar-refractivity contribution >= 4 is 28.9 Å². The van der Waals surface area contributed by atoms with Gasteiger partial charge in [-0.3, -0.25) is 9.69 Å². The molecule has 10 nitrogen and oxygen atoms in total. The van der Waals surface area contributed by atoms with Gasteiger partial charge in [-0.1, -0.05) is 6.07 Å². The van der Waals surface area contributed by atoms with E-state index in [1.165, 1.54) is 6.33 Å². The van der Waals surface area contributed by atoms with Crippen molar-refractivity contribution in [2.24, 2.45) is 0 Å². The van der Waals surface area contributed by atoms with E-state index < -0.39 is 0 Å². The summed E-state index contributed by atoms with van der Waals surface area (Å²) in [5.41, 5.74) is 4.87. The summed E-state index contributed by atoms with van der Waals surface area (Å²) >= 11 is 0. The van der Waals surface area contributed by atoms with Gasteiger partial charge in [0.2, 0.25) is 0 Å². The molecule has 2 aliphatic heterocycles. The molecule has 2 aliphatic rings. The molecule has 2 N–H and O–H groups in total. The van der Waals surface area contributed by atoms with Crippen molar-refractivity contribution in [3.8, 4) is 11.3 Å². The van der Waals surface area contributed by atoms with Gasteiger partial charge >= 0.3 is 0 Å². The molecule has 1 saturated heterocycles. The summed E-state index contributed by atoms with van der Waals surface area (Å²) in [6.07, 6.45) is 5.12. The highest BCUT2D eigenvalue weighted by atomic mass is 16.1. The first kappa shape index (κ1) is 21.5. The van der Waals surface area contributed by atoms with Crippen molar-refractivity contribution in [1.82, 2.24) is 34.8 Å². The van der Waals surface area contributed by atoms with E-state index in [-0.39, 0.29) is 5.91 Å². The van der Waals surface area contributed by atoms with Crippen molar-refractivity contribution < 1.29 is 4.79 Å². The van der Waals surface area contributed by atoms with Crippen LogP contribution in [0.2, 0.25) is 0 Å². The van der Waals surface area contributed by atoms with Crippen LogP contribution < -0.4 is 15.5 Å². The lowest BCUT2D eigenvalue weighted by atomic mass is 10.0. The zero-order valence-corrected chi connectivity index (χ0v) is 19.8. The summed E-state index contributed by atoms with van der Waals surface area (Å²) in [5.74, 6) is 1.55. The van der Waals surface area contributed by atoms with Crippen molar-refractivity contribution in [2.75, 3.05) is 36.4 Å². The van der Waals surface area contributed by atoms with Crippen LogP contribution in [0.25, 0.3) is 16.9 Å². The molecule has 1 amide bonds. The second kappa shape index (κ2) is 8.62. The molecule has 0 saturated carbocycles. The quantitative estimate of drug-likeness (QED) is 0.460. The van der Waals surface area contributed by atoms with Crippen LogP contribution in [0.3, 0.4) is 0 Å². The van der Waals surface area contributed by atoms with E-state index in [9.17, 15) is 4.79 Å². The fraction of sp³-hybridized carbons (Fsp3) is 0.320. The molecule has 0 radical (unpaired) electrons. The molecule has 10 heteroatoms. The van der Waals surface area contributed by atoms with Gasteiger partial charge in [-0.2, -0.15) is 5.10 Å². The Hall–Kier alpha value is -4.05. The number of nitrogens with one attached hydrogen (secondary N) is 2. The Morgan fingerprint density at radius 3 is 2.63 bits per heavy atom. The van der Waals surface area contributed by atoms with Crippen molar-refractivity contribution in [3.05, 3.63) is 60.2 Å². The molecule has 5 heterocycles. The van der Waals surface area contributed by atoms with Crippen LogP contribution >= 0.6 is 0 Å². The number of pyridine rings is 1. The third-order valence-corrected chi connectivity index (χ3v) is 6.77. The van der Waals surface area contributed by atoms with E-state index in [2.05, 4.69) is 54.3 Å². The smallest absolute Gasteiger partial charge is 0.251 e. The van der Waals surface area contributed by atoms with E-state index >= 15 is 0 Å². The first-order chi connectivity index (χ1) is 17.1. The third kappa shape index (κ3) is 3.95. The maximum Gasteiger partial charge on any atom is 0.251 e. The van der Waals surface area contributed by atoms with E-state index in [0.29, 0.717) is 29.6 Å². The van der Waals surface area contributed by atoms with E-state index in [1.807, 2.05) is 36.5 Å². The minimum atomic E-state index is -0.0347. The number of nitrogens with zero attached hydrogens (tertiary/aromatic N) is 7. The summed E-state index contributed by atoms with van der Waals surface area (Å²) in [5, 5.41) is 10.6. The molecule has 3 aromatic heterocycles. The highest BCUT2D eigenvalue weighted by Crippen LogP contribution is 2.28. The molecular weight excluding hydrogens is 442 g/mol. The van der Waals surface area contributed by atoms with Crippen LogP contribution in [0.4, 0.5) is 17.3 Å². The molecule has 4 aromatic rings. The molecule has 1 aromatic carbocycles. The fourth-order valence-corrected chi connectivity index (χ4v) is 4.75. The van der Waals surface area contributed by atoms with Gasteiger partial charge < -0.3 is 15.5 Å². The van der Waals surface area contributed by atoms with Crippen LogP contribution in [0.1, 0.15) is 29.8 Å². The average Bonchev–Trinajstić information content (AvgIpc) is 3.52. The number of amides is 1. The fourth-order valence-electron chi connectivity index (χ4n) is 4.75. The van der Waals surface area contributed by atoms with Gasteiger partial charge in [0.25, 0.3) is 5.91 Å². The number of anilines is 3. The Morgan fingerprint density at radius 2 is 1.86 bits per heavy atom. The van der Waals surface area contributed by atoms with Crippen LogP contribution in [0.15, 0.2) is 49.1 Å². The van der Waals surface area contributed by atoms with Gasteiger partial charge in [0.15, 0.2) is 11.5 Å². The average molecular weight is 470 g/mol. The number of rotatable bonds is 5. The largest absolute Gasteiger partial charge is 0.354 e. The molecule has 178 valence electrons. The second-order valence-electron chi connectivity index (χ2n) is 9.19. The van der Waals surface area contributed by atoms with E-state index in [4.69, 9.17) is 0 Å². The Balaban J connectivity index is 1.22. The summed E-state index contributed by atoms with van der Waals surface area (Å²) in [6, 6.07) is 10.4. The Labute approximate surface area is 203 Å². The minimum absolute atomic E-state index is 0.0347. The standard InChI is InChI=1S/C25H27N9O/c1-16(2)32-7-9-33(10-8-32)22-6-4-19(13-26-22)31-23-24-29-15-30-34(24)21(14-27-23)17-3-5-20-18(11-17)12-28-25(20)35/h3-6,11,13-16H,7-10,12H2,1-2H3,(H,27,31)(H,28,35). The minimum Gasteiger partial charge on any atom is -0.354 e. The maximum absolute atomic E-state index is 11.9. The van der Waals surface area contributed by atoms with Gasteiger partial charge in [-0.15, -0.1) is 0 Å². The predicted octanol–water partition coefficient (Wildman–Crippen LogP) is 2.70. The van der Waals surface area contributed by atoms with Gasteiger partial charge in [0.05, 0.1) is 23.8 Å². The number of hydrogen-bond donors (Lipinski definition) is 2. The van der Waals surface area contributed by atoms with Crippen LogP contribution in [-0.2, 0) is 6.54 Å². The monoisotopic (exact) mass is 469 g/mol. The predicted molar refractivity (Wildman–Crippen MR) is 134 cm³/mol. The van der Waals surface area contributed by atoms with Crippen LogP contribution in [0, 0.1) is 0 Å². The molecule has 1 fully saturated rings. The molecule has 35 heavy (non-hydrogen) atoms. The van der Waals surface area contributed by atoms with Crippen LogP contribution in [-0.4, -0.2) is 67.6 Å². The molecule has 0 aliphatic carbocycles. The molecule has 0 spiro atoms. The summed E-state index contributed by atoms with van der Waals surface area (Å²) in [4.78, 5) is 30.4. The normalized spacial score (nSPS) is 16.1. The third-order valence-electron chi connectivity index (χ3n) is 6.77. The van der Waals surface area contributed by atoms with E-state index in [1.54, 1.807) is 10.7 Å². The van der Waals surface area contributed by atoms with Crippen molar-refractivity contribution in [2.45, 2.75) is 26.4 Å². The molecule has 0 atom stereocenters. The molecule has 0 unspecified atom stereocenters. The van der Waals surface area contributed by atoms with Gasteiger partial charge in [-0.25, -0.2) is 19.5 Å². The lowest BCUT2D eigenvalue weighted by Gasteiger charge is -2.37. The van der Waals surface area contributed by atoms with Crippen molar-refractivity contribution in [3.63, 3.8) is 0 Å². The second-order valence-corrected chi connectivity index (χ2v) is 9.19. The summed E-state index contributed by atoms with van der Waals surface area (Å²) in [7, 11) is 0. The van der Waals surface area contributed by atoms with Gasteiger partial charge in [0.1, 0.15) is 12.1 Å². The lowest BCUT2D eigenvalue weighted by molar-refractivity contribution is 0.0965. The zero-order valence-electron chi connectivity index (χ0n) is 19.8. The van der Waals surface area contributed by atoms with Gasteiger partial charge in [0, 0.05) is 49.9 Å². The van der Waals surface area contributed by atoms with Gasteiger partial charge in [-0.05, 0) is 43.7 Å². The molecule has 6 rings (SSSR count). The summed E-state index contributed by atoms with van der Waals surface area (Å²) in [6.45, 7) is 9.09. The Kier molecular flexibility index (Phi) is 5.29. The van der Waals surface area contributed by atoms with E-state index in [0.717, 1.165) is 54.5 Å². The highest BCUT2D eigenvalue weighted by Gasteiger charge is 2.21. The number of aromatic nitrogens is 5. The number of fused-ring (bicyclic) bond motifs is 2. The number of carbonyl (C=O) groups is 1. The van der Waals surface area contributed by atoms with Crippen molar-refractivity contribution in [1.29, 1.82) is 0 Å². The Morgan fingerprint density at radius 1 is 1.00 bits per heavy atom. The number of carbonyl (C=O) groups excluding carboxylic acids is 1. The zero-order chi connectivity index (χ0) is 23.9. The lowest BCUT2D eigenvalue weighted by Crippen LogP contribution is -2.49. The number of hydrogen-bond acceptors (Lipinski definition) is 8. The highest BCUT2D eigenvalue weighted by molar-refractivity contribution is 5.98. The van der Waals surface area contributed by atoms with Crippen LogP contribution in [0.5, 0.6) is 0 Å². The molecule has 0 bridgehead atoms. The first-order valence-electron chi connectivity index (χ1n) is 11.9. The SMILES string of the molecule is CC(C)N1CCN(c2ccc(Nc3ncc(-c4ccc5c(c4)CNC5=O)n4ncnc34)cn2)CC1. The summed E-state index contributed by atoms with van der Waals surface area (Å²) < 4.78 is 1.76.